The van der Waals surface area contributed by atoms with Crippen LogP contribution in [0.4, 0.5) is 0 Å². The van der Waals surface area contributed by atoms with Gasteiger partial charge in [0.2, 0.25) is 5.91 Å². The lowest BCUT2D eigenvalue weighted by atomic mass is 9.88. The lowest BCUT2D eigenvalue weighted by Gasteiger charge is -2.23. The average molecular weight is 243 g/mol. The molecule has 0 aromatic heterocycles. The van der Waals surface area contributed by atoms with Crippen molar-refractivity contribution in [2.75, 3.05) is 0 Å². The van der Waals surface area contributed by atoms with E-state index in [-0.39, 0.29) is 12.3 Å². The summed E-state index contributed by atoms with van der Waals surface area (Å²) in [7, 11) is 0. The van der Waals surface area contributed by atoms with Gasteiger partial charge >= 0.3 is 5.97 Å². The zero-order valence-corrected chi connectivity index (χ0v) is 11.0. The van der Waals surface area contributed by atoms with Gasteiger partial charge in [-0.2, -0.15) is 0 Å². The van der Waals surface area contributed by atoms with Gasteiger partial charge in [0.05, 0.1) is 11.5 Å². The molecule has 2 unspecified atom stereocenters. The topological polar surface area (TPSA) is 75.6 Å². The van der Waals surface area contributed by atoms with E-state index in [9.17, 15) is 14.7 Å². The van der Waals surface area contributed by atoms with Crippen LogP contribution in [0, 0.1) is 5.92 Å². The van der Waals surface area contributed by atoms with E-state index in [0.717, 1.165) is 0 Å². The summed E-state index contributed by atoms with van der Waals surface area (Å²) in [5, 5.41) is 12.4. The molecule has 0 bridgehead atoms. The highest BCUT2D eigenvalue weighted by molar-refractivity contribution is 5.90. The molecule has 1 amide bonds. The van der Waals surface area contributed by atoms with E-state index in [1.165, 1.54) is 0 Å². The van der Waals surface area contributed by atoms with Crippen LogP contribution in [0.3, 0.4) is 0 Å². The van der Waals surface area contributed by atoms with Crippen molar-refractivity contribution in [1.29, 1.82) is 0 Å². The smallest absolute Gasteiger partial charge is 0.329 e. The molecule has 0 aliphatic carbocycles. The fourth-order valence-corrected chi connectivity index (χ4v) is 1.81. The van der Waals surface area contributed by atoms with Crippen molar-refractivity contribution >= 4 is 11.9 Å². The molecule has 98 valence electrons. The maximum absolute atomic E-state index is 11.8. The second-order valence-corrected chi connectivity index (χ2v) is 6.04. The molecule has 0 aromatic rings. The van der Waals surface area contributed by atoms with Gasteiger partial charge in [-0.15, -0.1) is 0 Å². The van der Waals surface area contributed by atoms with Crippen molar-refractivity contribution in [3.05, 3.63) is 0 Å². The Labute approximate surface area is 102 Å². The number of amides is 1. The summed E-state index contributed by atoms with van der Waals surface area (Å²) in [6.07, 6.45) is 0.275. The monoisotopic (exact) mass is 243 g/mol. The summed E-state index contributed by atoms with van der Waals surface area (Å²) >= 11 is 0. The van der Waals surface area contributed by atoms with Crippen LogP contribution < -0.4 is 5.32 Å². The van der Waals surface area contributed by atoms with E-state index in [0.29, 0.717) is 0 Å². The van der Waals surface area contributed by atoms with E-state index in [1.54, 1.807) is 34.6 Å². The first kappa shape index (κ1) is 14.0. The highest BCUT2D eigenvalue weighted by atomic mass is 16.6. The van der Waals surface area contributed by atoms with E-state index in [2.05, 4.69) is 5.32 Å². The molecule has 1 aliphatic heterocycles. The first-order chi connectivity index (χ1) is 7.50. The van der Waals surface area contributed by atoms with Crippen LogP contribution in [0.15, 0.2) is 0 Å². The summed E-state index contributed by atoms with van der Waals surface area (Å²) in [6, 6.07) is -0.654. The minimum atomic E-state index is -1.12. The first-order valence-corrected chi connectivity index (χ1v) is 5.76. The van der Waals surface area contributed by atoms with Crippen molar-refractivity contribution in [1.82, 2.24) is 5.32 Å². The Morgan fingerprint density at radius 2 is 1.88 bits per heavy atom. The maximum Gasteiger partial charge on any atom is 0.329 e. The standard InChI is InChI=1S/C12H21NO4/c1-11(2,3)17-10(15)8-6-7(9(14)13-8)12(4,5)16/h7-8,16H,6H2,1-5H3,(H,13,14). The summed E-state index contributed by atoms with van der Waals surface area (Å²) in [5.41, 5.74) is -1.70. The third kappa shape index (κ3) is 3.70. The number of esters is 1. The van der Waals surface area contributed by atoms with Crippen molar-refractivity contribution < 1.29 is 19.4 Å². The second kappa shape index (κ2) is 4.29. The Hall–Kier alpha value is -1.10. The zero-order chi connectivity index (χ0) is 13.4. The van der Waals surface area contributed by atoms with E-state index in [4.69, 9.17) is 4.74 Å². The van der Waals surface area contributed by atoms with Gasteiger partial charge in [-0.3, -0.25) is 4.79 Å². The molecule has 2 N–H and O–H groups in total. The predicted molar refractivity (Wildman–Crippen MR) is 62.2 cm³/mol. The zero-order valence-electron chi connectivity index (χ0n) is 11.0. The van der Waals surface area contributed by atoms with Gasteiger partial charge in [0.1, 0.15) is 11.6 Å². The van der Waals surface area contributed by atoms with E-state index >= 15 is 0 Å². The maximum atomic E-state index is 11.8. The summed E-state index contributed by atoms with van der Waals surface area (Å²) in [6.45, 7) is 8.45. The van der Waals surface area contributed by atoms with Crippen LogP contribution in [0.5, 0.6) is 0 Å². The normalized spacial score (nSPS) is 25.6. The third-order valence-electron chi connectivity index (χ3n) is 2.65. The van der Waals surface area contributed by atoms with Gasteiger partial charge in [0, 0.05) is 0 Å². The van der Waals surface area contributed by atoms with Gasteiger partial charge in [-0.25, -0.2) is 4.79 Å². The number of hydrogen-bond acceptors (Lipinski definition) is 4. The van der Waals surface area contributed by atoms with Crippen LogP contribution >= 0.6 is 0 Å². The third-order valence-corrected chi connectivity index (χ3v) is 2.65. The number of hydrogen-bond donors (Lipinski definition) is 2. The van der Waals surface area contributed by atoms with Crippen molar-refractivity contribution in [3.63, 3.8) is 0 Å². The number of nitrogens with one attached hydrogen (secondary N) is 1. The fraction of sp³-hybridized carbons (Fsp3) is 0.833. The molecule has 0 aromatic carbocycles. The summed E-state index contributed by atoms with van der Waals surface area (Å²) < 4.78 is 5.20. The molecule has 0 saturated carbocycles. The number of carbonyl (C=O) groups excluding carboxylic acids is 2. The number of carbonyl (C=O) groups is 2. The highest BCUT2D eigenvalue weighted by Gasteiger charge is 2.44. The molecular weight excluding hydrogens is 222 g/mol. The fourth-order valence-electron chi connectivity index (χ4n) is 1.81. The van der Waals surface area contributed by atoms with Crippen LogP contribution in [0.25, 0.3) is 0 Å². The SMILES string of the molecule is CC(C)(C)OC(=O)C1CC(C(C)(C)O)C(=O)N1. The number of rotatable bonds is 2. The second-order valence-electron chi connectivity index (χ2n) is 6.04. The molecule has 5 nitrogen and oxygen atoms in total. The molecule has 1 aliphatic rings. The van der Waals surface area contributed by atoms with Gasteiger partial charge in [0.15, 0.2) is 0 Å². The number of aliphatic hydroxyl groups is 1. The van der Waals surface area contributed by atoms with Crippen LogP contribution in [-0.2, 0) is 14.3 Å². The minimum Gasteiger partial charge on any atom is -0.458 e. The largest absolute Gasteiger partial charge is 0.458 e. The van der Waals surface area contributed by atoms with Crippen molar-refractivity contribution in [2.24, 2.45) is 5.92 Å². The Kier molecular flexibility index (Phi) is 3.52. The predicted octanol–water partition coefficient (Wildman–Crippen LogP) is 0.604. The van der Waals surface area contributed by atoms with Gasteiger partial charge in [0.25, 0.3) is 0 Å². The van der Waals surface area contributed by atoms with Crippen LogP contribution in [-0.4, -0.2) is 34.2 Å². The lowest BCUT2D eigenvalue weighted by Crippen LogP contribution is -2.39. The Balaban J connectivity index is 2.67. The molecule has 0 spiro atoms. The molecule has 17 heavy (non-hydrogen) atoms. The quantitative estimate of drug-likeness (QED) is 0.696. The first-order valence-electron chi connectivity index (χ1n) is 5.76. The van der Waals surface area contributed by atoms with Crippen molar-refractivity contribution in [2.45, 2.75) is 58.3 Å². The molecule has 1 heterocycles. The minimum absolute atomic E-state index is 0.275. The van der Waals surface area contributed by atoms with Crippen molar-refractivity contribution in [3.8, 4) is 0 Å². The van der Waals surface area contributed by atoms with Gasteiger partial charge < -0.3 is 15.2 Å². The molecule has 1 fully saturated rings. The lowest BCUT2D eigenvalue weighted by molar-refractivity contribution is -0.157. The molecule has 1 rings (SSSR count). The van der Waals surface area contributed by atoms with E-state index < -0.39 is 29.1 Å². The van der Waals surface area contributed by atoms with Gasteiger partial charge in [-0.1, -0.05) is 0 Å². The Morgan fingerprint density at radius 1 is 1.35 bits per heavy atom. The van der Waals surface area contributed by atoms with E-state index in [1.807, 2.05) is 0 Å². The molecular formula is C12H21NO4. The summed E-state index contributed by atoms with van der Waals surface area (Å²) in [5.74, 6) is -1.31. The molecule has 0 radical (unpaired) electrons. The Morgan fingerprint density at radius 3 is 2.24 bits per heavy atom. The van der Waals surface area contributed by atoms with Gasteiger partial charge in [-0.05, 0) is 41.0 Å². The molecule has 2 atom stereocenters. The molecule has 5 heteroatoms. The molecule has 1 saturated heterocycles. The Bertz CT molecular complexity index is 324. The van der Waals surface area contributed by atoms with Crippen LogP contribution in [0.1, 0.15) is 41.0 Å². The average Bonchev–Trinajstić information content (AvgIpc) is 2.42. The van der Waals surface area contributed by atoms with Crippen LogP contribution in [0.2, 0.25) is 0 Å². The highest BCUT2D eigenvalue weighted by Crippen LogP contribution is 2.27. The number of ether oxygens (including phenoxy) is 1. The summed E-state index contributed by atoms with van der Waals surface area (Å²) in [4.78, 5) is 23.4.